The van der Waals surface area contributed by atoms with E-state index in [1.54, 1.807) is 0 Å². The Labute approximate surface area is 364 Å². The van der Waals surface area contributed by atoms with Crippen LogP contribution in [-0.2, 0) is 4.79 Å². The zero-order valence-corrected chi connectivity index (χ0v) is 39.7. The fraction of sp³-hybridized carbons (Fsp3) is 0.981. The average Bonchev–Trinajstić information content (AvgIpc) is 3.23. The van der Waals surface area contributed by atoms with Gasteiger partial charge in [0.2, 0.25) is 5.91 Å². The lowest BCUT2D eigenvalue weighted by atomic mass is 9.99. The molecule has 1 amide bonds. The average molecular weight is 822 g/mol. The molecular formula is C53H107NO4. The zero-order chi connectivity index (χ0) is 42.3. The highest BCUT2D eigenvalue weighted by Gasteiger charge is 2.26. The summed E-state index contributed by atoms with van der Waals surface area (Å²) in [5, 5.41) is 33.4. The Hall–Kier alpha value is -0.650. The van der Waals surface area contributed by atoms with E-state index in [1.165, 1.54) is 244 Å². The van der Waals surface area contributed by atoms with Crippen molar-refractivity contribution >= 4 is 5.91 Å². The summed E-state index contributed by atoms with van der Waals surface area (Å²) in [6.45, 7) is 4.18. The van der Waals surface area contributed by atoms with E-state index in [-0.39, 0.29) is 12.5 Å². The number of rotatable bonds is 50. The van der Waals surface area contributed by atoms with E-state index >= 15 is 0 Å². The van der Waals surface area contributed by atoms with Crippen molar-refractivity contribution in [2.75, 3.05) is 6.61 Å². The van der Waals surface area contributed by atoms with Gasteiger partial charge in [0, 0.05) is 6.42 Å². The summed E-state index contributed by atoms with van der Waals surface area (Å²) in [5.41, 5.74) is 0. The lowest BCUT2D eigenvalue weighted by Gasteiger charge is -2.26. The number of carbonyl (C=O) groups excluding carboxylic acids is 1. The molecule has 0 bridgehead atoms. The van der Waals surface area contributed by atoms with Gasteiger partial charge >= 0.3 is 0 Å². The summed E-state index contributed by atoms with van der Waals surface area (Å²) in [5.74, 6) is -0.139. The first-order chi connectivity index (χ1) is 28.6. The number of hydrogen-bond donors (Lipinski definition) is 4. The summed E-state index contributed by atoms with van der Waals surface area (Å²) in [6.07, 6.45) is 58.6. The molecule has 4 N–H and O–H groups in total. The third-order valence-corrected chi connectivity index (χ3v) is 13.0. The molecule has 0 aromatic heterocycles. The molecule has 58 heavy (non-hydrogen) atoms. The molecule has 0 aromatic rings. The fourth-order valence-electron chi connectivity index (χ4n) is 8.81. The minimum atomic E-state index is -1.13. The van der Waals surface area contributed by atoms with Gasteiger partial charge < -0.3 is 20.6 Å². The molecule has 0 spiro atoms. The second kappa shape index (κ2) is 49.0. The van der Waals surface area contributed by atoms with Crippen LogP contribution >= 0.6 is 0 Å². The van der Waals surface area contributed by atoms with Gasteiger partial charge in [0.1, 0.15) is 6.10 Å². The Kier molecular flexibility index (Phi) is 48.5. The SMILES string of the molecule is CCCCCCCCCCCCCCCCCCCCCCCCCCCCCCCCCCCCCC(=O)NC(CO)C(O)C(O)CCCCCCCCCCC. The highest BCUT2D eigenvalue weighted by atomic mass is 16.3. The van der Waals surface area contributed by atoms with Crippen LogP contribution in [-0.4, -0.2) is 46.1 Å². The van der Waals surface area contributed by atoms with Crippen molar-refractivity contribution in [2.45, 2.75) is 327 Å². The molecule has 348 valence electrons. The first kappa shape index (κ1) is 57.3. The van der Waals surface area contributed by atoms with Crippen molar-refractivity contribution in [3.05, 3.63) is 0 Å². The number of amides is 1. The molecule has 0 heterocycles. The normalized spacial score (nSPS) is 13.3. The summed E-state index contributed by atoms with van der Waals surface area (Å²) >= 11 is 0. The summed E-state index contributed by atoms with van der Waals surface area (Å²) in [7, 11) is 0. The maximum Gasteiger partial charge on any atom is 0.220 e. The van der Waals surface area contributed by atoms with Crippen molar-refractivity contribution in [2.24, 2.45) is 0 Å². The van der Waals surface area contributed by atoms with E-state index in [1.807, 2.05) is 0 Å². The molecule has 3 unspecified atom stereocenters. The second-order valence-corrected chi connectivity index (χ2v) is 18.8. The van der Waals surface area contributed by atoms with E-state index in [9.17, 15) is 20.1 Å². The Balaban J connectivity index is 3.37. The van der Waals surface area contributed by atoms with E-state index in [0.717, 1.165) is 38.5 Å². The van der Waals surface area contributed by atoms with Gasteiger partial charge in [-0.1, -0.05) is 290 Å². The molecular weight excluding hydrogens is 715 g/mol. The summed E-state index contributed by atoms with van der Waals surface area (Å²) in [4.78, 5) is 12.4. The van der Waals surface area contributed by atoms with Crippen LogP contribution < -0.4 is 5.32 Å². The van der Waals surface area contributed by atoms with Gasteiger partial charge in [0.25, 0.3) is 0 Å². The van der Waals surface area contributed by atoms with E-state index in [4.69, 9.17) is 0 Å². The molecule has 5 heteroatoms. The number of hydrogen-bond acceptors (Lipinski definition) is 4. The van der Waals surface area contributed by atoms with Gasteiger partial charge in [-0.05, 0) is 12.8 Å². The first-order valence-electron chi connectivity index (χ1n) is 26.8. The fourth-order valence-corrected chi connectivity index (χ4v) is 8.81. The molecule has 0 radical (unpaired) electrons. The Morgan fingerprint density at radius 1 is 0.362 bits per heavy atom. The molecule has 0 aliphatic rings. The number of unbranched alkanes of at least 4 members (excludes halogenated alkanes) is 42. The third-order valence-electron chi connectivity index (χ3n) is 13.0. The first-order valence-corrected chi connectivity index (χ1v) is 26.8. The highest BCUT2D eigenvalue weighted by Crippen LogP contribution is 2.18. The van der Waals surface area contributed by atoms with Gasteiger partial charge in [-0.2, -0.15) is 0 Å². The Morgan fingerprint density at radius 2 is 0.586 bits per heavy atom. The number of nitrogens with one attached hydrogen (secondary N) is 1. The van der Waals surface area contributed by atoms with Gasteiger partial charge in [-0.15, -0.1) is 0 Å². The predicted molar refractivity (Wildman–Crippen MR) is 255 cm³/mol. The molecule has 3 atom stereocenters. The van der Waals surface area contributed by atoms with Crippen LogP contribution in [0.25, 0.3) is 0 Å². The number of aliphatic hydroxyl groups excluding tert-OH is 3. The van der Waals surface area contributed by atoms with E-state index < -0.39 is 18.2 Å². The highest BCUT2D eigenvalue weighted by molar-refractivity contribution is 5.76. The molecule has 5 nitrogen and oxygen atoms in total. The van der Waals surface area contributed by atoms with E-state index in [0.29, 0.717) is 12.8 Å². The molecule has 0 saturated carbocycles. The molecule has 0 fully saturated rings. The van der Waals surface area contributed by atoms with Crippen LogP contribution in [0.1, 0.15) is 309 Å². The van der Waals surface area contributed by atoms with Crippen LogP contribution in [0.4, 0.5) is 0 Å². The lowest BCUT2D eigenvalue weighted by molar-refractivity contribution is -0.124. The topological polar surface area (TPSA) is 89.8 Å². The predicted octanol–water partition coefficient (Wildman–Crippen LogP) is 16.2. The lowest BCUT2D eigenvalue weighted by Crippen LogP contribution is -2.50. The van der Waals surface area contributed by atoms with Gasteiger partial charge in [0.15, 0.2) is 0 Å². The quantitative estimate of drug-likeness (QED) is 0.0460. The third kappa shape index (κ3) is 43.4. The Morgan fingerprint density at radius 3 is 0.828 bits per heavy atom. The zero-order valence-electron chi connectivity index (χ0n) is 39.7. The summed E-state index contributed by atoms with van der Waals surface area (Å²) in [6, 6.07) is -0.802. The number of aliphatic hydroxyl groups is 3. The molecule has 0 aromatic carbocycles. The van der Waals surface area contributed by atoms with Crippen LogP contribution in [0.15, 0.2) is 0 Å². The van der Waals surface area contributed by atoms with Gasteiger partial charge in [-0.3, -0.25) is 4.79 Å². The van der Waals surface area contributed by atoms with Crippen molar-refractivity contribution in [3.8, 4) is 0 Å². The van der Waals surface area contributed by atoms with E-state index in [2.05, 4.69) is 19.2 Å². The van der Waals surface area contributed by atoms with Crippen LogP contribution in [0.2, 0.25) is 0 Å². The smallest absolute Gasteiger partial charge is 0.220 e. The molecule has 0 saturated heterocycles. The second-order valence-electron chi connectivity index (χ2n) is 18.8. The van der Waals surface area contributed by atoms with Gasteiger partial charge in [0.05, 0.1) is 18.8 Å². The van der Waals surface area contributed by atoms with Crippen molar-refractivity contribution in [1.82, 2.24) is 5.32 Å². The standard InChI is InChI=1S/C53H107NO4/c1-3-5-7-9-11-13-14-15-16-17-18-19-20-21-22-23-24-25-26-27-28-29-30-31-32-33-34-35-36-37-38-40-42-44-46-48-52(57)54-50(49-55)53(58)51(56)47-45-43-41-39-12-10-8-6-4-2/h50-51,53,55-56,58H,3-49H2,1-2H3,(H,54,57). The van der Waals surface area contributed by atoms with Crippen LogP contribution in [0.3, 0.4) is 0 Å². The molecule has 0 aliphatic heterocycles. The van der Waals surface area contributed by atoms with Crippen LogP contribution in [0, 0.1) is 0 Å². The Bertz CT molecular complexity index is 777. The van der Waals surface area contributed by atoms with Gasteiger partial charge in [-0.25, -0.2) is 0 Å². The maximum atomic E-state index is 12.4. The van der Waals surface area contributed by atoms with Crippen molar-refractivity contribution < 1.29 is 20.1 Å². The molecule has 0 aliphatic carbocycles. The largest absolute Gasteiger partial charge is 0.394 e. The maximum absolute atomic E-state index is 12.4. The number of carbonyl (C=O) groups is 1. The van der Waals surface area contributed by atoms with Crippen molar-refractivity contribution in [3.63, 3.8) is 0 Å². The summed E-state index contributed by atoms with van der Waals surface area (Å²) < 4.78 is 0. The van der Waals surface area contributed by atoms with Crippen LogP contribution in [0.5, 0.6) is 0 Å². The minimum Gasteiger partial charge on any atom is -0.394 e. The molecule has 0 rings (SSSR count). The van der Waals surface area contributed by atoms with Crippen molar-refractivity contribution in [1.29, 1.82) is 0 Å². The monoisotopic (exact) mass is 822 g/mol. The minimum absolute atomic E-state index is 0.139.